The number of amides is 3. The van der Waals surface area contributed by atoms with E-state index < -0.39 is 64.6 Å². The summed E-state index contributed by atoms with van der Waals surface area (Å²) < 4.78 is 101. The Morgan fingerprint density at radius 3 is 2.21 bits per heavy atom. The molecule has 0 aliphatic carbocycles. The summed E-state index contributed by atoms with van der Waals surface area (Å²) >= 11 is 0. The molecule has 3 atom stereocenters. The van der Waals surface area contributed by atoms with Crippen LogP contribution in [0.1, 0.15) is 71.7 Å². The number of alkyl halides is 6. The Morgan fingerprint density at radius 1 is 1.02 bits per heavy atom. The molecule has 0 spiro atoms. The van der Waals surface area contributed by atoms with Crippen LogP contribution < -0.4 is 5.32 Å². The number of ether oxygens (including phenoxy) is 1. The van der Waals surface area contributed by atoms with Crippen LogP contribution >= 0.6 is 0 Å². The number of piperidine rings is 1. The van der Waals surface area contributed by atoms with Crippen molar-refractivity contribution in [3.8, 4) is 0 Å². The molecule has 3 unspecified atom stereocenters. The second kappa shape index (κ2) is 14.2. The second-order valence-electron chi connectivity index (χ2n) is 11.9. The van der Waals surface area contributed by atoms with E-state index in [0.717, 1.165) is 10.5 Å². The molecule has 0 radical (unpaired) electrons. The third-order valence-electron chi connectivity index (χ3n) is 8.66. The largest absolute Gasteiger partial charge is 0.445 e. The van der Waals surface area contributed by atoms with Crippen LogP contribution in [0.25, 0.3) is 0 Å². The molecule has 1 aliphatic heterocycles. The molecule has 1 heterocycles. The molecule has 0 saturated carbocycles. The van der Waals surface area contributed by atoms with Gasteiger partial charge in [0.25, 0.3) is 0 Å². The summed E-state index contributed by atoms with van der Waals surface area (Å²) in [6.07, 6.45) is -10.5. The van der Waals surface area contributed by atoms with Gasteiger partial charge in [0.1, 0.15) is 18.7 Å². The molecule has 0 bridgehead atoms. The average Bonchev–Trinajstić information content (AvgIpc) is 3.02. The Morgan fingerprint density at radius 2 is 1.65 bits per heavy atom. The van der Waals surface area contributed by atoms with E-state index in [1.807, 2.05) is 0 Å². The predicted octanol–water partition coefficient (Wildman–Crippen LogP) is 8.38. The first-order chi connectivity index (χ1) is 22.4. The molecular weight excluding hydrogens is 647 g/mol. The van der Waals surface area contributed by atoms with Gasteiger partial charge in [-0.15, -0.1) is 0 Å². The number of halogens is 7. The SMILES string of the molecule is Cc1cc(F)ccc1C1CC(CC=O)(NC(=O)OCc2ccccc2)CCN1C(=O)N(C)C(C)c1cc(C(F)(F)F)cc(C(F)(F)F)c1. The number of carbonyl (C=O) groups excluding carboxylic acids is 3. The van der Waals surface area contributed by atoms with Crippen molar-refractivity contribution in [2.24, 2.45) is 0 Å². The van der Waals surface area contributed by atoms with Crippen LogP contribution in [0.15, 0.2) is 66.7 Å². The number of alkyl carbamates (subject to hydrolysis) is 1. The van der Waals surface area contributed by atoms with Gasteiger partial charge in [0.15, 0.2) is 0 Å². The summed E-state index contributed by atoms with van der Waals surface area (Å²) in [6, 6.07) is 11.0. The van der Waals surface area contributed by atoms with Crippen LogP contribution in [-0.4, -0.2) is 47.3 Å². The molecule has 4 rings (SSSR count). The smallest absolute Gasteiger partial charge is 0.416 e. The van der Waals surface area contributed by atoms with Crippen molar-refractivity contribution in [3.05, 3.63) is 106 Å². The van der Waals surface area contributed by atoms with E-state index in [4.69, 9.17) is 4.74 Å². The number of rotatable bonds is 8. The van der Waals surface area contributed by atoms with Crippen LogP contribution in [-0.2, 0) is 28.5 Å². The number of nitrogens with zero attached hydrogens (tertiary/aromatic N) is 2. The maximum Gasteiger partial charge on any atom is 0.416 e. The van der Waals surface area contributed by atoms with Gasteiger partial charge in [-0.05, 0) is 79.3 Å². The fourth-order valence-corrected chi connectivity index (χ4v) is 5.89. The highest BCUT2D eigenvalue weighted by Gasteiger charge is 2.45. The van der Waals surface area contributed by atoms with Crippen molar-refractivity contribution in [2.75, 3.05) is 13.6 Å². The lowest BCUT2D eigenvalue weighted by Crippen LogP contribution is -2.58. The van der Waals surface area contributed by atoms with E-state index in [2.05, 4.69) is 5.32 Å². The number of urea groups is 1. The zero-order valence-corrected chi connectivity index (χ0v) is 26.3. The monoisotopic (exact) mass is 681 g/mol. The second-order valence-corrected chi connectivity index (χ2v) is 11.9. The zero-order chi connectivity index (χ0) is 35.4. The Balaban J connectivity index is 1.65. The van der Waals surface area contributed by atoms with Gasteiger partial charge in [0.2, 0.25) is 0 Å². The standard InChI is InChI=1S/C34H34F7N3O4/c1-21-15-27(35)9-10-28(21)29-19-32(12-14-45,42-30(46)48-20-23-7-5-4-6-8-23)11-13-44(29)31(47)43(3)22(2)24-16-25(33(36,37)38)18-26(17-24)34(39,40)41/h4-10,14-18,22,29H,11-13,19-20H2,1-3H3,(H,42,46). The molecule has 3 aromatic rings. The van der Waals surface area contributed by atoms with Crippen molar-refractivity contribution in [3.63, 3.8) is 0 Å². The number of carbonyl (C=O) groups is 3. The van der Waals surface area contributed by atoms with Crippen LogP contribution in [0, 0.1) is 12.7 Å². The van der Waals surface area contributed by atoms with Gasteiger partial charge in [0, 0.05) is 20.0 Å². The topological polar surface area (TPSA) is 79.0 Å². The fraction of sp³-hybridized carbons (Fsp3) is 0.382. The van der Waals surface area contributed by atoms with Gasteiger partial charge >= 0.3 is 24.5 Å². The van der Waals surface area contributed by atoms with Gasteiger partial charge in [-0.1, -0.05) is 36.4 Å². The fourth-order valence-electron chi connectivity index (χ4n) is 5.89. The molecule has 3 amide bonds. The first-order valence-electron chi connectivity index (χ1n) is 15.0. The Kier molecular flexibility index (Phi) is 10.7. The highest BCUT2D eigenvalue weighted by Crippen LogP contribution is 2.42. The molecule has 258 valence electrons. The lowest BCUT2D eigenvalue weighted by Gasteiger charge is -2.48. The molecule has 14 heteroatoms. The zero-order valence-electron chi connectivity index (χ0n) is 26.3. The quantitative estimate of drug-likeness (QED) is 0.192. The summed E-state index contributed by atoms with van der Waals surface area (Å²) in [5.74, 6) is -0.553. The minimum atomic E-state index is -5.08. The van der Waals surface area contributed by atoms with E-state index >= 15 is 0 Å². The minimum absolute atomic E-state index is 0.0144. The lowest BCUT2D eigenvalue weighted by molar-refractivity contribution is -0.143. The van der Waals surface area contributed by atoms with Gasteiger partial charge in [-0.2, -0.15) is 26.3 Å². The van der Waals surface area contributed by atoms with Crippen LogP contribution in [0.3, 0.4) is 0 Å². The molecule has 1 saturated heterocycles. The van der Waals surface area contributed by atoms with Crippen molar-refractivity contribution >= 4 is 18.4 Å². The average molecular weight is 682 g/mol. The number of hydrogen-bond donors (Lipinski definition) is 1. The van der Waals surface area contributed by atoms with E-state index in [1.54, 1.807) is 37.3 Å². The summed E-state index contributed by atoms with van der Waals surface area (Å²) in [4.78, 5) is 41.2. The van der Waals surface area contributed by atoms with Crippen molar-refractivity contribution in [1.82, 2.24) is 15.1 Å². The summed E-state index contributed by atoms with van der Waals surface area (Å²) in [5, 5.41) is 2.78. The first-order valence-corrected chi connectivity index (χ1v) is 15.0. The maximum atomic E-state index is 14.1. The Bertz CT molecular complexity index is 1600. The molecule has 7 nitrogen and oxygen atoms in total. The minimum Gasteiger partial charge on any atom is -0.445 e. The number of likely N-dealkylation sites (tertiary alicyclic amines) is 1. The highest BCUT2D eigenvalue weighted by molar-refractivity contribution is 5.76. The molecular formula is C34H34F7N3O4. The highest BCUT2D eigenvalue weighted by atomic mass is 19.4. The van der Waals surface area contributed by atoms with Gasteiger partial charge in [-0.3, -0.25) is 0 Å². The molecule has 1 aliphatic rings. The summed E-state index contributed by atoms with van der Waals surface area (Å²) in [6.45, 7) is 2.77. The number of aldehydes is 1. The molecule has 48 heavy (non-hydrogen) atoms. The van der Waals surface area contributed by atoms with Crippen molar-refractivity contribution in [2.45, 2.75) is 69.7 Å². The maximum absolute atomic E-state index is 14.1. The van der Waals surface area contributed by atoms with Crippen LogP contribution in [0.5, 0.6) is 0 Å². The third-order valence-corrected chi connectivity index (χ3v) is 8.66. The van der Waals surface area contributed by atoms with Crippen LogP contribution in [0.4, 0.5) is 40.3 Å². The molecule has 1 N–H and O–H groups in total. The normalized spacial score (nSPS) is 19.0. The number of benzene rings is 3. The number of aryl methyl sites for hydroxylation is 1. The third kappa shape index (κ3) is 8.45. The summed E-state index contributed by atoms with van der Waals surface area (Å²) in [7, 11) is 1.25. The number of nitrogens with one attached hydrogen (secondary N) is 1. The van der Waals surface area contributed by atoms with E-state index in [1.165, 1.54) is 37.1 Å². The predicted molar refractivity (Wildman–Crippen MR) is 161 cm³/mol. The van der Waals surface area contributed by atoms with Gasteiger partial charge < -0.3 is 24.6 Å². The van der Waals surface area contributed by atoms with E-state index in [0.29, 0.717) is 29.5 Å². The molecule has 1 fully saturated rings. The van der Waals surface area contributed by atoms with Gasteiger partial charge in [-0.25, -0.2) is 14.0 Å². The van der Waals surface area contributed by atoms with Crippen molar-refractivity contribution in [1.29, 1.82) is 0 Å². The first kappa shape index (κ1) is 36.2. The van der Waals surface area contributed by atoms with Crippen LogP contribution in [0.2, 0.25) is 0 Å². The van der Waals surface area contributed by atoms with Gasteiger partial charge in [0.05, 0.1) is 28.7 Å². The number of hydrogen-bond acceptors (Lipinski definition) is 4. The molecule has 0 aromatic heterocycles. The lowest BCUT2D eigenvalue weighted by atomic mass is 9.78. The Labute approximate surface area is 272 Å². The molecule has 3 aromatic carbocycles. The van der Waals surface area contributed by atoms with E-state index in [9.17, 15) is 45.1 Å². The van der Waals surface area contributed by atoms with E-state index in [-0.39, 0.29) is 38.5 Å². The van der Waals surface area contributed by atoms with Crippen molar-refractivity contribution < 1.29 is 49.9 Å². The Hall–Kier alpha value is -4.62. The summed E-state index contributed by atoms with van der Waals surface area (Å²) in [5.41, 5.74) is -2.99.